The van der Waals surface area contributed by atoms with E-state index in [1.807, 2.05) is 0 Å². The summed E-state index contributed by atoms with van der Waals surface area (Å²) in [5, 5.41) is 13.8. The number of halogens is 2. The van der Waals surface area contributed by atoms with E-state index in [2.05, 4.69) is 26.4 Å². The molecule has 0 radical (unpaired) electrons. The Kier molecular flexibility index (Phi) is 3.70. The number of rotatable bonds is 3. The highest BCUT2D eigenvalue weighted by Gasteiger charge is 2.00. The molecule has 76 valence electrons. The number of nitrogens with two attached hydrogens (primary N) is 1. The van der Waals surface area contributed by atoms with Gasteiger partial charge in [-0.3, -0.25) is 0 Å². The molecule has 0 spiro atoms. The molecule has 0 fully saturated rings. The van der Waals surface area contributed by atoms with E-state index in [0.717, 1.165) is 0 Å². The predicted octanol–water partition coefficient (Wildman–Crippen LogP) is 1.75. The fourth-order valence-corrected chi connectivity index (χ4v) is 1.08. The van der Waals surface area contributed by atoms with Gasteiger partial charge in [0, 0.05) is 5.69 Å². The van der Waals surface area contributed by atoms with Crippen molar-refractivity contribution in [2.45, 2.75) is 0 Å². The van der Waals surface area contributed by atoms with Crippen molar-refractivity contribution in [3.63, 3.8) is 0 Å². The first kappa shape index (κ1) is 10.8. The molecule has 0 aliphatic carbocycles. The molecule has 0 saturated heterocycles. The third-order valence-electron chi connectivity index (χ3n) is 1.52. The highest BCUT2D eigenvalue weighted by molar-refractivity contribution is 9.10. The third kappa shape index (κ3) is 2.88. The molecular formula is C8H9BrFN3O. The van der Waals surface area contributed by atoms with Crippen LogP contribution in [0, 0.1) is 5.82 Å². The molecule has 0 atom stereocenters. The minimum atomic E-state index is -0.366. The van der Waals surface area contributed by atoms with Gasteiger partial charge in [0.25, 0.3) is 0 Å². The zero-order valence-electron chi connectivity index (χ0n) is 7.17. The van der Waals surface area contributed by atoms with Crippen LogP contribution in [0.2, 0.25) is 0 Å². The molecule has 0 aromatic heterocycles. The Balaban J connectivity index is 2.64. The summed E-state index contributed by atoms with van der Waals surface area (Å²) < 4.78 is 13.4. The number of nitrogens with zero attached hydrogens (tertiary/aromatic N) is 1. The number of hydrogen-bond acceptors (Lipinski definition) is 3. The van der Waals surface area contributed by atoms with Crippen LogP contribution in [0.3, 0.4) is 0 Å². The number of amidine groups is 1. The van der Waals surface area contributed by atoms with Crippen molar-refractivity contribution in [3.05, 3.63) is 28.5 Å². The highest BCUT2D eigenvalue weighted by Crippen LogP contribution is 2.18. The third-order valence-corrected chi connectivity index (χ3v) is 2.16. The molecule has 14 heavy (non-hydrogen) atoms. The van der Waals surface area contributed by atoms with Gasteiger partial charge in [0.2, 0.25) is 0 Å². The lowest BCUT2D eigenvalue weighted by Gasteiger charge is -2.05. The maximum atomic E-state index is 13.0. The van der Waals surface area contributed by atoms with Gasteiger partial charge in [0.1, 0.15) is 5.82 Å². The summed E-state index contributed by atoms with van der Waals surface area (Å²) in [5.74, 6) is -0.331. The minimum Gasteiger partial charge on any atom is -0.409 e. The molecule has 1 aromatic carbocycles. The van der Waals surface area contributed by atoms with E-state index in [1.165, 1.54) is 6.07 Å². The lowest BCUT2D eigenvalue weighted by molar-refractivity contribution is 0.317. The topological polar surface area (TPSA) is 70.6 Å². The summed E-state index contributed by atoms with van der Waals surface area (Å²) in [7, 11) is 0. The monoisotopic (exact) mass is 261 g/mol. The second kappa shape index (κ2) is 4.80. The summed E-state index contributed by atoms with van der Waals surface area (Å²) in [6.07, 6.45) is 0. The lowest BCUT2D eigenvalue weighted by atomic mass is 10.3. The van der Waals surface area contributed by atoms with Crippen LogP contribution < -0.4 is 11.1 Å². The number of hydrogen-bond donors (Lipinski definition) is 3. The Morgan fingerprint density at radius 1 is 1.64 bits per heavy atom. The average Bonchev–Trinajstić information content (AvgIpc) is 2.19. The van der Waals surface area contributed by atoms with Crippen LogP contribution in [-0.4, -0.2) is 17.6 Å². The Morgan fingerprint density at radius 2 is 2.36 bits per heavy atom. The normalized spacial score (nSPS) is 11.4. The van der Waals surface area contributed by atoms with Crippen molar-refractivity contribution < 1.29 is 9.60 Å². The largest absolute Gasteiger partial charge is 0.409 e. The predicted molar refractivity (Wildman–Crippen MR) is 56.0 cm³/mol. The quantitative estimate of drug-likeness (QED) is 0.336. The summed E-state index contributed by atoms with van der Waals surface area (Å²) in [6, 6.07) is 4.57. The van der Waals surface area contributed by atoms with Gasteiger partial charge in [-0.25, -0.2) is 4.39 Å². The maximum Gasteiger partial charge on any atom is 0.158 e. The van der Waals surface area contributed by atoms with E-state index in [9.17, 15) is 4.39 Å². The smallest absolute Gasteiger partial charge is 0.158 e. The summed E-state index contributed by atoms with van der Waals surface area (Å²) in [4.78, 5) is 0. The fourth-order valence-electron chi connectivity index (χ4n) is 0.834. The number of oxime groups is 1. The van der Waals surface area contributed by atoms with E-state index in [1.54, 1.807) is 12.1 Å². The Bertz CT molecular complexity index is 356. The Labute approximate surface area is 88.7 Å². The number of benzene rings is 1. The zero-order valence-corrected chi connectivity index (χ0v) is 8.75. The van der Waals surface area contributed by atoms with Crippen molar-refractivity contribution in [2.75, 3.05) is 11.9 Å². The van der Waals surface area contributed by atoms with Gasteiger partial charge in [0.05, 0.1) is 11.0 Å². The second-order valence-corrected chi connectivity index (χ2v) is 3.43. The molecule has 4 nitrogen and oxygen atoms in total. The van der Waals surface area contributed by atoms with Crippen molar-refractivity contribution in [2.24, 2.45) is 10.9 Å². The molecule has 1 aromatic rings. The molecule has 1 rings (SSSR count). The molecule has 0 amide bonds. The molecule has 0 aliphatic heterocycles. The molecule has 6 heteroatoms. The van der Waals surface area contributed by atoms with Crippen molar-refractivity contribution in [3.8, 4) is 0 Å². The number of anilines is 1. The molecule has 0 bridgehead atoms. The average molecular weight is 262 g/mol. The molecule has 0 unspecified atom stereocenters. The summed E-state index contributed by atoms with van der Waals surface area (Å²) in [5.41, 5.74) is 5.79. The molecule has 0 saturated carbocycles. The summed E-state index contributed by atoms with van der Waals surface area (Å²) >= 11 is 3.03. The van der Waals surface area contributed by atoms with Crippen LogP contribution in [-0.2, 0) is 0 Å². The van der Waals surface area contributed by atoms with Crippen LogP contribution in [0.4, 0.5) is 10.1 Å². The van der Waals surface area contributed by atoms with E-state index >= 15 is 0 Å². The van der Waals surface area contributed by atoms with Gasteiger partial charge in [-0.1, -0.05) is 5.16 Å². The van der Waals surface area contributed by atoms with E-state index in [0.29, 0.717) is 10.2 Å². The van der Waals surface area contributed by atoms with Crippen LogP contribution in [0.15, 0.2) is 27.8 Å². The first-order valence-electron chi connectivity index (χ1n) is 3.79. The van der Waals surface area contributed by atoms with E-state index in [4.69, 9.17) is 10.9 Å². The second-order valence-electron chi connectivity index (χ2n) is 2.57. The molecule has 4 N–H and O–H groups in total. The fraction of sp³-hybridized carbons (Fsp3) is 0.125. The van der Waals surface area contributed by atoms with Crippen molar-refractivity contribution in [1.29, 1.82) is 0 Å². The number of nitrogens with one attached hydrogen (secondary N) is 1. The van der Waals surface area contributed by atoms with E-state index in [-0.39, 0.29) is 18.2 Å². The van der Waals surface area contributed by atoms with Gasteiger partial charge < -0.3 is 16.3 Å². The van der Waals surface area contributed by atoms with Crippen LogP contribution >= 0.6 is 15.9 Å². The highest BCUT2D eigenvalue weighted by atomic mass is 79.9. The molecule has 0 heterocycles. The first-order valence-corrected chi connectivity index (χ1v) is 4.58. The summed E-state index contributed by atoms with van der Waals surface area (Å²) in [6.45, 7) is 0.164. The molecule has 0 aliphatic rings. The minimum absolute atomic E-state index is 0.0355. The van der Waals surface area contributed by atoms with Crippen LogP contribution in [0.1, 0.15) is 0 Å². The Morgan fingerprint density at radius 3 is 2.93 bits per heavy atom. The first-order chi connectivity index (χ1) is 6.63. The van der Waals surface area contributed by atoms with Crippen LogP contribution in [0.5, 0.6) is 0 Å². The maximum absolute atomic E-state index is 13.0. The standard InChI is InChI=1S/C8H9BrFN3O/c9-6-2-1-5(3-7(6)10)12-4-8(11)13-14/h1-3,12,14H,4H2,(H2,11,13). The molecular weight excluding hydrogens is 253 g/mol. The zero-order chi connectivity index (χ0) is 10.6. The van der Waals surface area contributed by atoms with Crippen molar-refractivity contribution in [1.82, 2.24) is 0 Å². The van der Waals surface area contributed by atoms with Gasteiger partial charge in [-0.05, 0) is 34.1 Å². The SMILES string of the molecule is NC(CNc1ccc(Br)c(F)c1)=NO. The van der Waals surface area contributed by atoms with Gasteiger partial charge in [0.15, 0.2) is 5.84 Å². The van der Waals surface area contributed by atoms with Crippen LogP contribution in [0.25, 0.3) is 0 Å². The van der Waals surface area contributed by atoms with Crippen molar-refractivity contribution >= 4 is 27.5 Å². The lowest BCUT2D eigenvalue weighted by Crippen LogP contribution is -2.22. The van der Waals surface area contributed by atoms with Gasteiger partial charge >= 0.3 is 0 Å². The van der Waals surface area contributed by atoms with Gasteiger partial charge in [-0.15, -0.1) is 0 Å². The van der Waals surface area contributed by atoms with Gasteiger partial charge in [-0.2, -0.15) is 0 Å². The Hall–Kier alpha value is -1.30. The van der Waals surface area contributed by atoms with E-state index < -0.39 is 0 Å².